The molecule has 0 atom stereocenters. The predicted octanol–water partition coefficient (Wildman–Crippen LogP) is 1.95. The van der Waals surface area contributed by atoms with Gasteiger partial charge in [0.25, 0.3) is 5.91 Å². The molecular formula is C15H19ClN4O3S. The van der Waals surface area contributed by atoms with Crippen molar-refractivity contribution >= 4 is 35.1 Å². The largest absolute Gasteiger partial charge is 0.481 e. The van der Waals surface area contributed by atoms with Crippen molar-refractivity contribution in [3.63, 3.8) is 0 Å². The third-order valence-corrected chi connectivity index (χ3v) is 4.62. The van der Waals surface area contributed by atoms with Crippen LogP contribution in [0.3, 0.4) is 0 Å². The van der Waals surface area contributed by atoms with Crippen LogP contribution in [0.4, 0.5) is 5.95 Å². The van der Waals surface area contributed by atoms with E-state index in [1.165, 1.54) is 0 Å². The Morgan fingerprint density at radius 2 is 1.96 bits per heavy atom. The molecule has 2 aromatic rings. The lowest BCUT2D eigenvalue weighted by molar-refractivity contribution is 0.0751. The van der Waals surface area contributed by atoms with Crippen molar-refractivity contribution in [1.82, 2.24) is 14.9 Å². The highest BCUT2D eigenvalue weighted by atomic mass is 35.5. The first-order chi connectivity index (χ1) is 11.7. The minimum atomic E-state index is 0.115. The Hall–Kier alpha value is -1.90. The third kappa shape index (κ3) is 4.34. The van der Waals surface area contributed by atoms with Crippen molar-refractivity contribution in [2.45, 2.75) is 6.92 Å². The van der Waals surface area contributed by atoms with Crippen molar-refractivity contribution in [1.29, 1.82) is 0 Å². The lowest BCUT2D eigenvalue weighted by Crippen LogP contribution is -2.49. The molecule has 1 amide bonds. The number of methoxy groups -OCH3 is 1. The number of rotatable bonds is 3. The van der Waals surface area contributed by atoms with Crippen LogP contribution in [0.15, 0.2) is 24.4 Å². The standard InChI is InChI=1S/C15H18N4O2S.ClHO/c1-11-3-4-12(22-11)14(20)18-7-9-19(10-8-18)15-16-6-5-13(17-15)21-2;1-2/h3-6H,7-10H2,1-2H3;2H. The van der Waals surface area contributed by atoms with Gasteiger partial charge < -0.3 is 14.5 Å². The molecule has 130 valence electrons. The molecule has 0 spiro atoms. The minimum absolute atomic E-state index is 0.115. The summed E-state index contributed by atoms with van der Waals surface area (Å²) in [6, 6.07) is 5.61. The molecule has 1 N–H and O–H groups in total. The van der Waals surface area contributed by atoms with E-state index < -0.39 is 0 Å². The highest BCUT2D eigenvalue weighted by molar-refractivity contribution is 7.13. The van der Waals surface area contributed by atoms with Crippen LogP contribution in [0.25, 0.3) is 0 Å². The van der Waals surface area contributed by atoms with Crippen molar-refractivity contribution < 1.29 is 14.2 Å². The smallest absolute Gasteiger partial charge is 0.264 e. The third-order valence-electron chi connectivity index (χ3n) is 3.63. The van der Waals surface area contributed by atoms with Crippen molar-refractivity contribution in [2.75, 3.05) is 38.2 Å². The maximum atomic E-state index is 12.4. The van der Waals surface area contributed by atoms with Crippen LogP contribution in [0.1, 0.15) is 14.5 Å². The number of nitrogens with zero attached hydrogens (tertiary/aromatic N) is 4. The molecule has 0 radical (unpaired) electrons. The Morgan fingerprint density at radius 3 is 2.54 bits per heavy atom. The first-order valence-electron chi connectivity index (χ1n) is 7.32. The Kier molecular flexibility index (Phi) is 6.77. The molecule has 2 aromatic heterocycles. The van der Waals surface area contributed by atoms with E-state index in [1.54, 1.807) is 30.7 Å². The molecule has 1 aliphatic rings. The maximum absolute atomic E-state index is 12.4. The predicted molar refractivity (Wildman–Crippen MR) is 93.8 cm³/mol. The highest BCUT2D eigenvalue weighted by Gasteiger charge is 2.24. The van der Waals surface area contributed by atoms with Gasteiger partial charge in [-0.3, -0.25) is 9.45 Å². The number of aromatic nitrogens is 2. The first kappa shape index (κ1) is 18.4. The molecule has 0 aromatic carbocycles. The Balaban J connectivity index is 0.00000100. The average molecular weight is 371 g/mol. The van der Waals surface area contributed by atoms with Gasteiger partial charge in [-0.1, -0.05) is 0 Å². The van der Waals surface area contributed by atoms with Gasteiger partial charge in [-0.2, -0.15) is 4.98 Å². The maximum Gasteiger partial charge on any atom is 0.264 e. The molecular weight excluding hydrogens is 352 g/mol. The van der Waals surface area contributed by atoms with Crippen molar-refractivity contribution in [2.24, 2.45) is 0 Å². The lowest BCUT2D eigenvalue weighted by Gasteiger charge is -2.34. The number of anilines is 1. The fourth-order valence-corrected chi connectivity index (χ4v) is 3.25. The number of piperazine rings is 1. The van der Waals surface area contributed by atoms with Crippen LogP contribution in [0, 0.1) is 6.92 Å². The van der Waals surface area contributed by atoms with Crippen LogP contribution in [-0.2, 0) is 0 Å². The van der Waals surface area contributed by atoms with E-state index in [-0.39, 0.29) is 5.91 Å². The summed E-state index contributed by atoms with van der Waals surface area (Å²) in [5.74, 6) is 1.32. The summed E-state index contributed by atoms with van der Waals surface area (Å²) in [4.78, 5) is 27.0. The van der Waals surface area contributed by atoms with Gasteiger partial charge in [0.15, 0.2) is 0 Å². The number of thiophene rings is 1. The monoisotopic (exact) mass is 370 g/mol. The Morgan fingerprint density at radius 1 is 1.25 bits per heavy atom. The fraction of sp³-hybridized carbons (Fsp3) is 0.400. The summed E-state index contributed by atoms with van der Waals surface area (Å²) < 4.78 is 11.6. The summed E-state index contributed by atoms with van der Waals surface area (Å²) >= 11 is 5.18. The topological polar surface area (TPSA) is 78.8 Å². The van der Waals surface area contributed by atoms with Crippen LogP contribution in [0.2, 0.25) is 0 Å². The van der Waals surface area contributed by atoms with E-state index in [1.807, 2.05) is 24.0 Å². The van der Waals surface area contributed by atoms with Crippen LogP contribution in [-0.4, -0.2) is 58.7 Å². The Bertz CT molecular complexity index is 674. The summed E-state index contributed by atoms with van der Waals surface area (Å²) in [6.07, 6.45) is 1.69. The number of carbonyl (C=O) groups excluding carboxylic acids is 1. The average Bonchev–Trinajstić information content (AvgIpc) is 3.09. The van der Waals surface area contributed by atoms with E-state index in [2.05, 4.69) is 26.7 Å². The SMILES string of the molecule is COc1ccnc(N2CCN(C(=O)c3ccc(C)s3)CC2)n1.OCl. The number of ether oxygens (including phenoxy) is 1. The van der Waals surface area contributed by atoms with Crippen LogP contribution in [0.5, 0.6) is 5.88 Å². The fourth-order valence-electron chi connectivity index (χ4n) is 2.41. The highest BCUT2D eigenvalue weighted by Crippen LogP contribution is 2.19. The first-order valence-corrected chi connectivity index (χ1v) is 8.47. The number of hydrogen-bond donors (Lipinski definition) is 1. The molecule has 0 aliphatic carbocycles. The van der Waals surface area contributed by atoms with Crippen molar-refractivity contribution in [3.05, 3.63) is 34.2 Å². The quantitative estimate of drug-likeness (QED) is 0.889. The number of hydrogen-bond acceptors (Lipinski definition) is 7. The van der Waals surface area contributed by atoms with Gasteiger partial charge in [-0.25, -0.2) is 4.98 Å². The lowest BCUT2D eigenvalue weighted by atomic mass is 10.3. The van der Waals surface area contributed by atoms with Gasteiger partial charge in [-0.15, -0.1) is 11.3 Å². The van der Waals surface area contributed by atoms with Gasteiger partial charge >= 0.3 is 0 Å². The molecule has 0 saturated carbocycles. The van der Waals surface area contributed by atoms with E-state index in [0.717, 1.165) is 22.8 Å². The van der Waals surface area contributed by atoms with Gasteiger partial charge in [0.05, 0.1) is 23.9 Å². The normalized spacial score (nSPS) is 14.0. The number of aryl methyl sites for hydroxylation is 1. The zero-order chi connectivity index (χ0) is 17.5. The molecule has 1 saturated heterocycles. The van der Waals surface area contributed by atoms with Crippen LogP contribution >= 0.6 is 23.2 Å². The molecule has 3 rings (SSSR count). The summed E-state index contributed by atoms with van der Waals surface area (Å²) in [5, 5.41) is 0. The summed E-state index contributed by atoms with van der Waals surface area (Å²) in [7, 11) is 1.59. The second kappa shape index (κ2) is 8.81. The molecule has 3 heterocycles. The van der Waals surface area contributed by atoms with Gasteiger partial charge in [-0.05, 0) is 19.1 Å². The summed E-state index contributed by atoms with van der Waals surface area (Å²) in [5.41, 5.74) is 0. The van der Waals surface area contributed by atoms with Gasteiger partial charge in [0.2, 0.25) is 11.8 Å². The second-order valence-corrected chi connectivity index (χ2v) is 6.38. The van der Waals surface area contributed by atoms with E-state index in [4.69, 9.17) is 9.40 Å². The Labute approximate surface area is 149 Å². The minimum Gasteiger partial charge on any atom is -0.481 e. The molecule has 7 nitrogen and oxygen atoms in total. The van der Waals surface area contributed by atoms with Crippen LogP contribution < -0.4 is 9.64 Å². The van der Waals surface area contributed by atoms with E-state index in [9.17, 15) is 4.79 Å². The molecule has 9 heteroatoms. The number of carbonyl (C=O) groups is 1. The zero-order valence-electron chi connectivity index (χ0n) is 13.5. The summed E-state index contributed by atoms with van der Waals surface area (Å²) in [6.45, 7) is 4.82. The van der Waals surface area contributed by atoms with Gasteiger partial charge in [0.1, 0.15) is 0 Å². The van der Waals surface area contributed by atoms with E-state index >= 15 is 0 Å². The number of halogens is 1. The van der Waals surface area contributed by atoms with E-state index in [0.29, 0.717) is 24.9 Å². The molecule has 0 bridgehead atoms. The zero-order valence-corrected chi connectivity index (χ0v) is 15.0. The molecule has 24 heavy (non-hydrogen) atoms. The van der Waals surface area contributed by atoms with Gasteiger partial charge in [0, 0.05) is 43.3 Å². The molecule has 1 aliphatic heterocycles. The second-order valence-electron chi connectivity index (χ2n) is 5.09. The molecule has 0 unspecified atom stereocenters. The van der Waals surface area contributed by atoms with Crippen molar-refractivity contribution in [3.8, 4) is 5.88 Å². The number of amides is 1. The molecule has 1 fully saturated rings.